The largest absolute Gasteiger partial charge is 0.358 e. The Bertz CT molecular complexity index is 430. The van der Waals surface area contributed by atoms with Crippen LogP contribution in [0.4, 0.5) is 5.69 Å². The van der Waals surface area contributed by atoms with E-state index in [1.807, 2.05) is 7.05 Å². The van der Waals surface area contributed by atoms with E-state index in [-0.39, 0.29) is 11.9 Å². The molecule has 1 aromatic carbocycles. The highest BCUT2D eigenvalue weighted by Crippen LogP contribution is 2.21. The number of nitrogens with zero attached hydrogens (tertiary/aromatic N) is 2. The van der Waals surface area contributed by atoms with Crippen LogP contribution in [-0.2, 0) is 11.2 Å². The fraction of sp³-hybridized carbons (Fsp3) is 0.533. The first kappa shape index (κ1) is 13.9. The first-order valence-corrected chi connectivity index (χ1v) is 6.98. The van der Waals surface area contributed by atoms with Crippen molar-refractivity contribution in [1.29, 1.82) is 0 Å². The number of aryl methyl sites for hydroxylation is 1. The third-order valence-electron chi connectivity index (χ3n) is 3.83. The Labute approximate surface area is 115 Å². The Morgan fingerprint density at radius 2 is 1.95 bits per heavy atom. The number of carbonyl (C=O) groups excluding carboxylic acids is 1. The van der Waals surface area contributed by atoms with E-state index in [0.717, 1.165) is 31.6 Å². The number of anilines is 1. The predicted molar refractivity (Wildman–Crippen MR) is 78.3 cm³/mol. The summed E-state index contributed by atoms with van der Waals surface area (Å²) >= 11 is 0. The highest BCUT2D eigenvalue weighted by atomic mass is 16.2. The van der Waals surface area contributed by atoms with Crippen LogP contribution < -0.4 is 10.6 Å². The van der Waals surface area contributed by atoms with E-state index in [2.05, 4.69) is 36.1 Å². The topological polar surface area (TPSA) is 49.6 Å². The lowest BCUT2D eigenvalue weighted by molar-refractivity contribution is -0.130. The van der Waals surface area contributed by atoms with Gasteiger partial charge in [-0.2, -0.15) is 0 Å². The molecule has 1 amide bonds. The average molecular weight is 261 g/mol. The minimum Gasteiger partial charge on any atom is -0.358 e. The quantitative estimate of drug-likeness (QED) is 0.891. The Kier molecular flexibility index (Phi) is 4.43. The number of hydrogen-bond acceptors (Lipinski definition) is 3. The molecule has 1 aromatic rings. The van der Waals surface area contributed by atoms with Crippen molar-refractivity contribution in [2.75, 3.05) is 31.6 Å². The number of amides is 1. The number of likely N-dealkylation sites (N-methyl/N-ethyl adjacent to an activating group) is 1. The molecule has 0 spiro atoms. The van der Waals surface area contributed by atoms with Crippen LogP contribution in [0.25, 0.3) is 0 Å². The maximum absolute atomic E-state index is 12.3. The first-order valence-electron chi connectivity index (χ1n) is 6.98. The van der Waals surface area contributed by atoms with Gasteiger partial charge in [-0.15, -0.1) is 0 Å². The molecule has 0 saturated carbocycles. The molecule has 1 aliphatic rings. The van der Waals surface area contributed by atoms with Crippen molar-refractivity contribution in [1.82, 2.24) is 4.90 Å². The normalized spacial score (nSPS) is 20.6. The van der Waals surface area contributed by atoms with Crippen molar-refractivity contribution >= 4 is 11.6 Å². The molecule has 0 aromatic heterocycles. The third kappa shape index (κ3) is 2.89. The standard InChI is InChI=1S/C15H23N3O/c1-3-12-5-7-13(8-6-12)18-10-4-9-17(2)15(19)14(18)11-16/h5-8,14H,3-4,9-11,16H2,1-2H3. The zero-order chi connectivity index (χ0) is 13.8. The fourth-order valence-electron chi connectivity index (χ4n) is 2.59. The van der Waals surface area contributed by atoms with Crippen LogP contribution in [0.2, 0.25) is 0 Å². The van der Waals surface area contributed by atoms with Gasteiger partial charge in [-0.05, 0) is 30.5 Å². The lowest BCUT2D eigenvalue weighted by atomic mass is 10.1. The van der Waals surface area contributed by atoms with E-state index < -0.39 is 0 Å². The molecular weight excluding hydrogens is 238 g/mol. The summed E-state index contributed by atoms with van der Waals surface area (Å²) in [7, 11) is 1.86. The van der Waals surface area contributed by atoms with Crippen molar-refractivity contribution < 1.29 is 4.79 Å². The number of carbonyl (C=O) groups is 1. The van der Waals surface area contributed by atoms with Gasteiger partial charge in [0, 0.05) is 32.4 Å². The van der Waals surface area contributed by atoms with Crippen LogP contribution >= 0.6 is 0 Å². The second-order valence-corrected chi connectivity index (χ2v) is 5.08. The number of nitrogens with two attached hydrogens (primary N) is 1. The molecule has 4 heteroatoms. The lowest BCUT2D eigenvalue weighted by Gasteiger charge is -2.30. The zero-order valence-electron chi connectivity index (χ0n) is 11.8. The Hall–Kier alpha value is -1.55. The molecule has 1 atom stereocenters. The van der Waals surface area contributed by atoms with Crippen LogP contribution in [0.5, 0.6) is 0 Å². The summed E-state index contributed by atoms with van der Waals surface area (Å²) in [4.78, 5) is 16.2. The molecule has 1 heterocycles. The first-order chi connectivity index (χ1) is 9.17. The van der Waals surface area contributed by atoms with Crippen molar-refractivity contribution in [3.8, 4) is 0 Å². The summed E-state index contributed by atoms with van der Waals surface area (Å²) in [5.41, 5.74) is 8.23. The summed E-state index contributed by atoms with van der Waals surface area (Å²) < 4.78 is 0. The SMILES string of the molecule is CCc1ccc(N2CCCN(C)C(=O)C2CN)cc1. The number of rotatable bonds is 3. The summed E-state index contributed by atoms with van der Waals surface area (Å²) in [6.45, 7) is 4.18. The highest BCUT2D eigenvalue weighted by Gasteiger charge is 2.29. The summed E-state index contributed by atoms with van der Waals surface area (Å²) in [5, 5.41) is 0. The van der Waals surface area contributed by atoms with Crippen molar-refractivity contribution in [2.45, 2.75) is 25.8 Å². The van der Waals surface area contributed by atoms with Gasteiger partial charge in [-0.3, -0.25) is 4.79 Å². The van der Waals surface area contributed by atoms with Crippen molar-refractivity contribution in [3.63, 3.8) is 0 Å². The maximum atomic E-state index is 12.3. The summed E-state index contributed by atoms with van der Waals surface area (Å²) in [5.74, 6) is 0.125. The molecule has 1 unspecified atom stereocenters. The van der Waals surface area contributed by atoms with Gasteiger partial charge in [-0.25, -0.2) is 0 Å². The van der Waals surface area contributed by atoms with Gasteiger partial charge in [0.05, 0.1) is 0 Å². The van der Waals surface area contributed by atoms with Crippen molar-refractivity contribution in [2.24, 2.45) is 5.73 Å². The molecule has 0 bridgehead atoms. The minimum absolute atomic E-state index is 0.125. The lowest BCUT2D eigenvalue weighted by Crippen LogP contribution is -2.49. The van der Waals surface area contributed by atoms with E-state index in [0.29, 0.717) is 6.54 Å². The van der Waals surface area contributed by atoms with Crippen LogP contribution in [-0.4, -0.2) is 43.5 Å². The predicted octanol–water partition coefficient (Wildman–Crippen LogP) is 1.24. The molecule has 0 aliphatic carbocycles. The monoisotopic (exact) mass is 261 g/mol. The average Bonchev–Trinajstić information content (AvgIpc) is 2.59. The smallest absolute Gasteiger partial charge is 0.246 e. The second kappa shape index (κ2) is 6.06. The molecule has 104 valence electrons. The van der Waals surface area contributed by atoms with Crippen LogP contribution in [0, 0.1) is 0 Å². The van der Waals surface area contributed by atoms with Gasteiger partial charge in [-0.1, -0.05) is 19.1 Å². The van der Waals surface area contributed by atoms with E-state index in [1.165, 1.54) is 5.56 Å². The fourth-order valence-corrected chi connectivity index (χ4v) is 2.59. The molecule has 1 saturated heterocycles. The van der Waals surface area contributed by atoms with Crippen molar-refractivity contribution in [3.05, 3.63) is 29.8 Å². The maximum Gasteiger partial charge on any atom is 0.246 e. The van der Waals surface area contributed by atoms with Gasteiger partial charge in [0.15, 0.2) is 0 Å². The van der Waals surface area contributed by atoms with E-state index >= 15 is 0 Å². The van der Waals surface area contributed by atoms with Crippen LogP contribution in [0.15, 0.2) is 24.3 Å². The molecule has 1 aliphatic heterocycles. The van der Waals surface area contributed by atoms with E-state index in [4.69, 9.17) is 5.73 Å². The minimum atomic E-state index is -0.236. The van der Waals surface area contributed by atoms with Gasteiger partial charge in [0.1, 0.15) is 6.04 Å². The number of hydrogen-bond donors (Lipinski definition) is 1. The van der Waals surface area contributed by atoms with E-state index in [9.17, 15) is 4.79 Å². The molecular formula is C15H23N3O. The summed E-state index contributed by atoms with van der Waals surface area (Å²) in [6.07, 6.45) is 2.01. The Morgan fingerprint density at radius 1 is 1.26 bits per heavy atom. The van der Waals surface area contributed by atoms with Crippen LogP contribution in [0.3, 0.4) is 0 Å². The summed E-state index contributed by atoms with van der Waals surface area (Å²) in [6, 6.07) is 8.21. The van der Waals surface area contributed by atoms with Crippen LogP contribution in [0.1, 0.15) is 18.9 Å². The Morgan fingerprint density at radius 3 is 2.53 bits per heavy atom. The number of benzene rings is 1. The molecule has 1 fully saturated rings. The zero-order valence-corrected chi connectivity index (χ0v) is 11.8. The molecule has 0 radical (unpaired) electrons. The van der Waals surface area contributed by atoms with E-state index in [1.54, 1.807) is 4.90 Å². The Balaban J connectivity index is 2.26. The molecule has 2 rings (SSSR count). The van der Waals surface area contributed by atoms with Gasteiger partial charge >= 0.3 is 0 Å². The van der Waals surface area contributed by atoms with Gasteiger partial charge < -0.3 is 15.5 Å². The highest BCUT2D eigenvalue weighted by molar-refractivity contribution is 5.86. The molecule has 2 N–H and O–H groups in total. The molecule has 19 heavy (non-hydrogen) atoms. The molecule has 4 nitrogen and oxygen atoms in total. The van der Waals surface area contributed by atoms with Gasteiger partial charge in [0.25, 0.3) is 0 Å². The third-order valence-corrected chi connectivity index (χ3v) is 3.83. The second-order valence-electron chi connectivity index (χ2n) is 5.08. The van der Waals surface area contributed by atoms with Gasteiger partial charge in [0.2, 0.25) is 5.91 Å².